The number of primary amides is 1. The van der Waals surface area contributed by atoms with Gasteiger partial charge in [0, 0.05) is 56.0 Å². The SMILES string of the molecule is CCC(=O)N1CCN(c2ccc(C(N)=O)cc2)CC1.O=C(O)/C=C/C(=O)O. The number of carboxylic acids is 2. The Balaban J connectivity index is 0.000000387. The van der Waals surface area contributed by atoms with Gasteiger partial charge in [0.1, 0.15) is 0 Å². The molecule has 146 valence electrons. The molecule has 2 rings (SSSR count). The van der Waals surface area contributed by atoms with Gasteiger partial charge in [-0.1, -0.05) is 6.92 Å². The van der Waals surface area contributed by atoms with Crippen molar-refractivity contribution < 1.29 is 29.4 Å². The van der Waals surface area contributed by atoms with Gasteiger partial charge in [-0.15, -0.1) is 0 Å². The molecule has 9 nitrogen and oxygen atoms in total. The molecule has 0 bridgehead atoms. The van der Waals surface area contributed by atoms with Gasteiger partial charge >= 0.3 is 11.9 Å². The van der Waals surface area contributed by atoms with Crippen LogP contribution in [0.2, 0.25) is 0 Å². The molecule has 1 aliphatic heterocycles. The second kappa shape index (κ2) is 10.6. The Morgan fingerprint density at radius 2 is 1.44 bits per heavy atom. The highest BCUT2D eigenvalue weighted by Crippen LogP contribution is 2.17. The number of aliphatic carboxylic acids is 2. The van der Waals surface area contributed by atoms with E-state index in [1.807, 2.05) is 24.0 Å². The second-order valence-corrected chi connectivity index (χ2v) is 5.64. The van der Waals surface area contributed by atoms with E-state index in [1.54, 1.807) is 12.1 Å². The van der Waals surface area contributed by atoms with Crippen LogP contribution < -0.4 is 10.6 Å². The molecule has 0 atom stereocenters. The summed E-state index contributed by atoms with van der Waals surface area (Å²) in [5, 5.41) is 15.6. The van der Waals surface area contributed by atoms with Gasteiger partial charge in [-0.3, -0.25) is 9.59 Å². The van der Waals surface area contributed by atoms with E-state index in [0.29, 0.717) is 24.1 Å². The summed E-state index contributed by atoms with van der Waals surface area (Å²) in [6.45, 7) is 5.04. The van der Waals surface area contributed by atoms with E-state index in [1.165, 1.54) is 0 Å². The number of hydrogen-bond acceptors (Lipinski definition) is 5. The van der Waals surface area contributed by atoms with Crippen LogP contribution in [0.1, 0.15) is 23.7 Å². The minimum Gasteiger partial charge on any atom is -0.478 e. The zero-order valence-corrected chi connectivity index (χ0v) is 15.0. The summed E-state index contributed by atoms with van der Waals surface area (Å²) < 4.78 is 0. The van der Waals surface area contributed by atoms with Gasteiger partial charge < -0.3 is 25.7 Å². The van der Waals surface area contributed by atoms with E-state index < -0.39 is 17.8 Å². The number of rotatable bonds is 5. The Morgan fingerprint density at radius 1 is 0.963 bits per heavy atom. The van der Waals surface area contributed by atoms with Crippen molar-refractivity contribution in [3.63, 3.8) is 0 Å². The average Bonchev–Trinajstić information content (AvgIpc) is 2.66. The Kier molecular flexibility index (Phi) is 8.50. The predicted octanol–water partition coefficient (Wildman–Crippen LogP) is 0.556. The molecule has 0 radical (unpaired) electrons. The Labute approximate surface area is 156 Å². The maximum Gasteiger partial charge on any atom is 0.328 e. The molecule has 0 unspecified atom stereocenters. The number of carbonyl (C=O) groups is 4. The number of hydrogen-bond donors (Lipinski definition) is 3. The van der Waals surface area contributed by atoms with Crippen molar-refractivity contribution in [2.24, 2.45) is 5.73 Å². The van der Waals surface area contributed by atoms with E-state index in [4.69, 9.17) is 15.9 Å². The van der Waals surface area contributed by atoms with Gasteiger partial charge in [0.15, 0.2) is 0 Å². The average molecular weight is 377 g/mol. The van der Waals surface area contributed by atoms with Crippen LogP contribution >= 0.6 is 0 Å². The van der Waals surface area contributed by atoms with Gasteiger partial charge in [0.25, 0.3) is 0 Å². The zero-order chi connectivity index (χ0) is 20.4. The highest BCUT2D eigenvalue weighted by Gasteiger charge is 2.20. The van der Waals surface area contributed by atoms with Crippen molar-refractivity contribution in [3.05, 3.63) is 42.0 Å². The van der Waals surface area contributed by atoms with Crippen LogP contribution in [-0.4, -0.2) is 65.0 Å². The molecule has 1 aromatic rings. The number of anilines is 1. The summed E-state index contributed by atoms with van der Waals surface area (Å²) in [6.07, 6.45) is 1.68. The van der Waals surface area contributed by atoms with Crippen LogP contribution in [0, 0.1) is 0 Å². The molecule has 27 heavy (non-hydrogen) atoms. The smallest absolute Gasteiger partial charge is 0.328 e. The van der Waals surface area contributed by atoms with Crippen LogP contribution in [0.5, 0.6) is 0 Å². The molecule has 1 heterocycles. The lowest BCUT2D eigenvalue weighted by Crippen LogP contribution is -2.48. The van der Waals surface area contributed by atoms with E-state index in [9.17, 15) is 19.2 Å². The lowest BCUT2D eigenvalue weighted by molar-refractivity contribution is -0.134. The fraction of sp³-hybridized carbons (Fsp3) is 0.333. The number of piperazine rings is 1. The predicted molar refractivity (Wildman–Crippen MR) is 98.5 cm³/mol. The summed E-state index contributed by atoms with van der Waals surface area (Å²) in [6, 6.07) is 7.28. The van der Waals surface area contributed by atoms with Gasteiger partial charge in [0.2, 0.25) is 11.8 Å². The molecule has 4 N–H and O–H groups in total. The number of benzene rings is 1. The van der Waals surface area contributed by atoms with Crippen molar-refractivity contribution in [1.29, 1.82) is 0 Å². The summed E-state index contributed by atoms with van der Waals surface area (Å²) in [7, 11) is 0. The Hall–Kier alpha value is -3.36. The minimum absolute atomic E-state index is 0.212. The molecule has 9 heteroatoms. The Morgan fingerprint density at radius 3 is 1.81 bits per heavy atom. The normalized spacial score (nSPS) is 13.7. The van der Waals surface area contributed by atoms with E-state index in [-0.39, 0.29) is 5.91 Å². The monoisotopic (exact) mass is 377 g/mol. The van der Waals surface area contributed by atoms with Gasteiger partial charge in [-0.2, -0.15) is 0 Å². The maximum atomic E-state index is 11.6. The number of carbonyl (C=O) groups excluding carboxylic acids is 2. The molecular formula is C18H23N3O6. The molecule has 0 saturated carbocycles. The second-order valence-electron chi connectivity index (χ2n) is 5.64. The first-order chi connectivity index (χ1) is 12.7. The van der Waals surface area contributed by atoms with Crippen LogP contribution in [0.25, 0.3) is 0 Å². The van der Waals surface area contributed by atoms with Crippen molar-refractivity contribution in [1.82, 2.24) is 4.90 Å². The fourth-order valence-electron chi connectivity index (χ4n) is 2.42. The topological polar surface area (TPSA) is 141 Å². The lowest BCUT2D eigenvalue weighted by atomic mass is 10.1. The van der Waals surface area contributed by atoms with Gasteiger partial charge in [0.05, 0.1) is 0 Å². The molecule has 2 amide bonds. The first-order valence-corrected chi connectivity index (χ1v) is 8.31. The molecule has 0 aliphatic carbocycles. The molecule has 1 fully saturated rings. The summed E-state index contributed by atoms with van der Waals surface area (Å²) >= 11 is 0. The molecule has 1 saturated heterocycles. The molecular weight excluding hydrogens is 354 g/mol. The number of nitrogens with zero attached hydrogens (tertiary/aromatic N) is 2. The quantitative estimate of drug-likeness (QED) is 0.636. The fourth-order valence-corrected chi connectivity index (χ4v) is 2.42. The van der Waals surface area contributed by atoms with E-state index >= 15 is 0 Å². The van der Waals surface area contributed by atoms with E-state index in [2.05, 4.69) is 4.90 Å². The summed E-state index contributed by atoms with van der Waals surface area (Å²) in [5.74, 6) is -2.71. The van der Waals surface area contributed by atoms with Crippen LogP contribution in [0.15, 0.2) is 36.4 Å². The molecule has 1 aliphatic rings. The van der Waals surface area contributed by atoms with Crippen molar-refractivity contribution in [2.75, 3.05) is 31.1 Å². The zero-order valence-electron chi connectivity index (χ0n) is 15.0. The van der Waals surface area contributed by atoms with Crippen LogP contribution in [0.3, 0.4) is 0 Å². The number of amides is 2. The molecule has 1 aromatic carbocycles. The van der Waals surface area contributed by atoms with Crippen molar-refractivity contribution in [3.8, 4) is 0 Å². The van der Waals surface area contributed by atoms with Crippen LogP contribution in [0.4, 0.5) is 5.69 Å². The maximum absolute atomic E-state index is 11.6. The highest BCUT2D eigenvalue weighted by molar-refractivity contribution is 5.93. The summed E-state index contributed by atoms with van der Waals surface area (Å²) in [5.41, 5.74) is 6.79. The third-order valence-electron chi connectivity index (χ3n) is 3.82. The molecule has 0 aromatic heterocycles. The number of carboxylic acid groups (broad SMARTS) is 2. The standard InChI is InChI=1S/C14H19N3O2.C4H4O4/c1-2-13(18)17-9-7-16(8-10-17)12-5-3-11(4-6-12)14(15)19;5-3(6)1-2-4(7)8/h3-6H,2,7-10H2,1H3,(H2,15,19);1-2H,(H,5,6)(H,7,8)/b;2-1+. The van der Waals surface area contributed by atoms with Crippen molar-refractivity contribution >= 4 is 29.4 Å². The lowest BCUT2D eigenvalue weighted by Gasteiger charge is -2.36. The number of nitrogens with two attached hydrogens (primary N) is 1. The van der Waals surface area contributed by atoms with E-state index in [0.717, 1.165) is 31.9 Å². The minimum atomic E-state index is -1.26. The highest BCUT2D eigenvalue weighted by atomic mass is 16.4. The molecule has 0 spiro atoms. The van der Waals surface area contributed by atoms with Gasteiger partial charge in [-0.05, 0) is 24.3 Å². The first kappa shape index (κ1) is 21.7. The Bertz CT molecular complexity index is 690. The third-order valence-corrected chi connectivity index (χ3v) is 3.82. The van der Waals surface area contributed by atoms with Crippen molar-refractivity contribution in [2.45, 2.75) is 13.3 Å². The van der Waals surface area contributed by atoms with Gasteiger partial charge in [-0.25, -0.2) is 9.59 Å². The summed E-state index contributed by atoms with van der Waals surface area (Å²) in [4.78, 5) is 45.8. The van der Waals surface area contributed by atoms with Crippen LogP contribution in [-0.2, 0) is 14.4 Å². The first-order valence-electron chi connectivity index (χ1n) is 8.31. The third kappa shape index (κ3) is 7.59. The largest absolute Gasteiger partial charge is 0.478 e.